The second kappa shape index (κ2) is 7.32. The Balaban J connectivity index is 2.97. The van der Waals surface area contributed by atoms with Gasteiger partial charge in [0.2, 0.25) is 10.0 Å². The minimum absolute atomic E-state index is 0.0104. The standard InChI is InChI=1S/C12H20N2O4S/c1-18-9-4-10-19(16,17)14(7-8-15)12-6-3-2-5-11(12)13/h2-3,5-6,15H,4,7-10,13H2,1H3. The van der Waals surface area contributed by atoms with E-state index in [0.29, 0.717) is 24.4 Å². The highest BCUT2D eigenvalue weighted by Gasteiger charge is 2.23. The first-order valence-electron chi connectivity index (χ1n) is 5.97. The van der Waals surface area contributed by atoms with Crippen molar-refractivity contribution in [3.63, 3.8) is 0 Å². The number of nitrogens with two attached hydrogens (primary N) is 1. The molecule has 0 saturated carbocycles. The van der Waals surface area contributed by atoms with Gasteiger partial charge in [-0.3, -0.25) is 4.31 Å². The summed E-state index contributed by atoms with van der Waals surface area (Å²) in [6.07, 6.45) is 0.396. The van der Waals surface area contributed by atoms with Gasteiger partial charge >= 0.3 is 0 Å². The highest BCUT2D eigenvalue weighted by Crippen LogP contribution is 2.25. The summed E-state index contributed by atoms with van der Waals surface area (Å²) in [5.74, 6) is -0.0465. The van der Waals surface area contributed by atoms with Gasteiger partial charge in [0.05, 0.1) is 30.3 Å². The zero-order chi connectivity index (χ0) is 14.3. The van der Waals surface area contributed by atoms with E-state index in [2.05, 4.69) is 0 Å². The molecule has 0 spiro atoms. The summed E-state index contributed by atoms with van der Waals surface area (Å²) in [5, 5.41) is 9.05. The second-order valence-electron chi connectivity index (χ2n) is 4.02. The number of ether oxygens (including phenoxy) is 1. The predicted molar refractivity (Wildman–Crippen MR) is 75.6 cm³/mol. The van der Waals surface area contributed by atoms with Crippen molar-refractivity contribution in [1.82, 2.24) is 0 Å². The number of anilines is 2. The average Bonchev–Trinajstić information content (AvgIpc) is 2.37. The molecule has 0 radical (unpaired) electrons. The maximum absolute atomic E-state index is 12.3. The Morgan fingerprint density at radius 2 is 2.05 bits per heavy atom. The third kappa shape index (κ3) is 4.38. The van der Waals surface area contributed by atoms with Crippen LogP contribution in [0.25, 0.3) is 0 Å². The lowest BCUT2D eigenvalue weighted by molar-refractivity contribution is 0.199. The second-order valence-corrected chi connectivity index (χ2v) is 6.03. The summed E-state index contributed by atoms with van der Waals surface area (Å²) in [6.45, 7) is 0.0951. The minimum Gasteiger partial charge on any atom is -0.397 e. The fourth-order valence-corrected chi connectivity index (χ4v) is 3.24. The molecule has 7 heteroatoms. The third-order valence-electron chi connectivity index (χ3n) is 2.60. The molecule has 0 atom stereocenters. The molecule has 6 nitrogen and oxygen atoms in total. The number of benzene rings is 1. The lowest BCUT2D eigenvalue weighted by Gasteiger charge is -2.24. The molecule has 0 aliphatic heterocycles. The zero-order valence-electron chi connectivity index (χ0n) is 10.9. The first kappa shape index (κ1) is 15.7. The summed E-state index contributed by atoms with van der Waals surface area (Å²) in [4.78, 5) is 0. The van der Waals surface area contributed by atoms with Gasteiger partial charge < -0.3 is 15.6 Å². The van der Waals surface area contributed by atoms with E-state index in [-0.39, 0.29) is 18.9 Å². The number of nitrogen functional groups attached to an aromatic ring is 1. The van der Waals surface area contributed by atoms with Gasteiger partial charge in [-0.25, -0.2) is 8.42 Å². The molecule has 19 heavy (non-hydrogen) atoms. The van der Waals surface area contributed by atoms with Crippen LogP contribution in [0.15, 0.2) is 24.3 Å². The molecular weight excluding hydrogens is 268 g/mol. The molecule has 0 amide bonds. The number of sulfonamides is 1. The van der Waals surface area contributed by atoms with E-state index in [0.717, 1.165) is 4.31 Å². The van der Waals surface area contributed by atoms with Gasteiger partial charge in [0, 0.05) is 13.7 Å². The van der Waals surface area contributed by atoms with Gasteiger partial charge in [0.25, 0.3) is 0 Å². The van der Waals surface area contributed by atoms with Crippen molar-refractivity contribution < 1.29 is 18.3 Å². The smallest absolute Gasteiger partial charge is 0.235 e. The zero-order valence-corrected chi connectivity index (χ0v) is 11.8. The van der Waals surface area contributed by atoms with Crippen LogP contribution in [-0.4, -0.2) is 46.1 Å². The van der Waals surface area contributed by atoms with Crippen LogP contribution in [0.2, 0.25) is 0 Å². The van der Waals surface area contributed by atoms with Gasteiger partial charge in [-0.15, -0.1) is 0 Å². The number of rotatable bonds is 8. The Bertz CT molecular complexity index is 490. The Hall–Kier alpha value is -1.31. The largest absolute Gasteiger partial charge is 0.397 e. The lowest BCUT2D eigenvalue weighted by Crippen LogP contribution is -2.36. The van der Waals surface area contributed by atoms with E-state index >= 15 is 0 Å². The van der Waals surface area contributed by atoms with Crippen LogP contribution < -0.4 is 10.0 Å². The Morgan fingerprint density at radius 1 is 1.37 bits per heavy atom. The van der Waals surface area contributed by atoms with Crippen LogP contribution in [0, 0.1) is 0 Å². The number of hydrogen-bond donors (Lipinski definition) is 2. The molecule has 3 N–H and O–H groups in total. The van der Waals surface area contributed by atoms with E-state index in [1.54, 1.807) is 24.3 Å². The first-order chi connectivity index (χ1) is 9.03. The number of nitrogens with zero attached hydrogens (tertiary/aromatic N) is 1. The summed E-state index contributed by atoms with van der Waals surface area (Å²) < 4.78 is 30.5. The van der Waals surface area contributed by atoms with Gasteiger partial charge in [0.1, 0.15) is 0 Å². The third-order valence-corrected chi connectivity index (χ3v) is 4.45. The number of para-hydroxylation sites is 2. The normalized spacial score (nSPS) is 11.5. The van der Waals surface area contributed by atoms with Crippen molar-refractivity contribution >= 4 is 21.4 Å². The van der Waals surface area contributed by atoms with E-state index < -0.39 is 10.0 Å². The number of hydrogen-bond acceptors (Lipinski definition) is 5. The fraction of sp³-hybridized carbons (Fsp3) is 0.500. The molecule has 0 saturated heterocycles. The molecule has 1 aromatic rings. The molecule has 0 aliphatic carbocycles. The van der Waals surface area contributed by atoms with Crippen molar-refractivity contribution in [2.75, 3.05) is 42.7 Å². The maximum Gasteiger partial charge on any atom is 0.235 e. The van der Waals surface area contributed by atoms with Crippen molar-refractivity contribution in [2.24, 2.45) is 0 Å². The van der Waals surface area contributed by atoms with Gasteiger partial charge in [0.15, 0.2) is 0 Å². The van der Waals surface area contributed by atoms with Crippen LogP contribution >= 0.6 is 0 Å². The molecule has 1 aromatic carbocycles. The van der Waals surface area contributed by atoms with E-state index in [1.165, 1.54) is 7.11 Å². The topological polar surface area (TPSA) is 92.9 Å². The molecule has 0 heterocycles. The van der Waals surface area contributed by atoms with Crippen LogP contribution in [0.5, 0.6) is 0 Å². The summed E-state index contributed by atoms with van der Waals surface area (Å²) >= 11 is 0. The summed E-state index contributed by atoms with van der Waals surface area (Å²) in [6, 6.07) is 6.69. The predicted octanol–water partition coefficient (Wildman–Crippen LogP) is 0.434. The highest BCUT2D eigenvalue weighted by atomic mass is 32.2. The summed E-state index contributed by atoms with van der Waals surface area (Å²) in [7, 11) is -2.00. The molecular formula is C12H20N2O4S. The van der Waals surface area contributed by atoms with E-state index in [4.69, 9.17) is 15.6 Å². The average molecular weight is 288 g/mol. The van der Waals surface area contributed by atoms with Gasteiger partial charge in [-0.1, -0.05) is 12.1 Å². The SMILES string of the molecule is COCCCS(=O)(=O)N(CCO)c1ccccc1N. The Kier molecular flexibility index (Phi) is 6.07. The highest BCUT2D eigenvalue weighted by molar-refractivity contribution is 7.92. The molecule has 0 unspecified atom stereocenters. The first-order valence-corrected chi connectivity index (χ1v) is 7.58. The Morgan fingerprint density at radius 3 is 2.63 bits per heavy atom. The van der Waals surface area contributed by atoms with Crippen LogP contribution in [0.4, 0.5) is 11.4 Å². The summed E-state index contributed by atoms with van der Waals surface area (Å²) in [5.41, 5.74) is 6.55. The van der Waals surface area contributed by atoms with E-state index in [9.17, 15) is 8.42 Å². The lowest BCUT2D eigenvalue weighted by atomic mass is 10.3. The monoisotopic (exact) mass is 288 g/mol. The molecule has 0 aliphatic rings. The van der Waals surface area contributed by atoms with Gasteiger partial charge in [-0.2, -0.15) is 0 Å². The molecule has 0 aromatic heterocycles. The molecule has 0 bridgehead atoms. The number of aliphatic hydroxyl groups is 1. The van der Waals surface area contributed by atoms with Crippen molar-refractivity contribution in [1.29, 1.82) is 0 Å². The fourth-order valence-electron chi connectivity index (χ4n) is 1.71. The van der Waals surface area contributed by atoms with Crippen molar-refractivity contribution in [3.8, 4) is 0 Å². The number of aliphatic hydroxyl groups excluding tert-OH is 1. The number of methoxy groups -OCH3 is 1. The van der Waals surface area contributed by atoms with E-state index in [1.807, 2.05) is 0 Å². The van der Waals surface area contributed by atoms with Crippen molar-refractivity contribution in [3.05, 3.63) is 24.3 Å². The molecule has 1 rings (SSSR count). The minimum atomic E-state index is -3.52. The Labute approximate surface area is 113 Å². The molecule has 108 valence electrons. The quantitative estimate of drug-likeness (QED) is 0.534. The van der Waals surface area contributed by atoms with Crippen LogP contribution in [-0.2, 0) is 14.8 Å². The van der Waals surface area contributed by atoms with Crippen LogP contribution in [0.1, 0.15) is 6.42 Å². The van der Waals surface area contributed by atoms with Gasteiger partial charge in [-0.05, 0) is 18.6 Å². The molecule has 0 fully saturated rings. The van der Waals surface area contributed by atoms with Crippen molar-refractivity contribution in [2.45, 2.75) is 6.42 Å². The maximum atomic E-state index is 12.3. The van der Waals surface area contributed by atoms with Crippen LogP contribution in [0.3, 0.4) is 0 Å².